The van der Waals surface area contributed by atoms with Crippen molar-refractivity contribution in [2.75, 3.05) is 5.43 Å². The van der Waals surface area contributed by atoms with Crippen LogP contribution in [0.1, 0.15) is 5.56 Å². The van der Waals surface area contributed by atoms with E-state index < -0.39 is 16.0 Å². The molecule has 0 amide bonds. The Kier molecular flexibility index (Phi) is 3.53. The minimum Gasteiger partial charge on any atom is -0.344 e. The van der Waals surface area contributed by atoms with Crippen LogP contribution in [0.4, 0.5) is 11.5 Å². The number of hydrogen-bond donors (Lipinski definition) is 2. The average molecular weight is 261 g/mol. The first-order chi connectivity index (χ1) is 9.10. The van der Waals surface area contributed by atoms with Crippen molar-refractivity contribution in [2.24, 2.45) is 5.84 Å². The molecule has 0 saturated carbocycles. The molecule has 2 aromatic heterocycles. The van der Waals surface area contributed by atoms with Gasteiger partial charge in [-0.05, 0) is 17.7 Å². The molecule has 2 rings (SSSR count). The second-order valence-corrected chi connectivity index (χ2v) is 3.82. The summed E-state index contributed by atoms with van der Waals surface area (Å²) in [7, 11) is 0. The largest absolute Gasteiger partial charge is 0.344 e. The van der Waals surface area contributed by atoms with Gasteiger partial charge in [0.2, 0.25) is 0 Å². The van der Waals surface area contributed by atoms with Crippen molar-refractivity contribution in [3.05, 3.63) is 62.7 Å². The molecule has 98 valence electrons. The highest BCUT2D eigenvalue weighted by Crippen LogP contribution is 2.09. The van der Waals surface area contributed by atoms with Crippen LogP contribution < -0.4 is 16.7 Å². The van der Waals surface area contributed by atoms with Crippen molar-refractivity contribution in [1.82, 2.24) is 9.55 Å². The molecule has 0 atom stereocenters. The molecule has 2 heterocycles. The van der Waals surface area contributed by atoms with Gasteiger partial charge in [0.15, 0.2) is 0 Å². The van der Waals surface area contributed by atoms with Crippen LogP contribution in [0.25, 0.3) is 0 Å². The molecular weight excluding hydrogens is 250 g/mol. The number of hydrazine groups is 1. The van der Waals surface area contributed by atoms with Gasteiger partial charge in [0.25, 0.3) is 5.43 Å². The number of rotatable bonds is 4. The Bertz CT molecular complexity index is 667. The van der Waals surface area contributed by atoms with Crippen molar-refractivity contribution in [3.63, 3.8) is 0 Å². The van der Waals surface area contributed by atoms with E-state index in [1.165, 1.54) is 18.5 Å². The summed E-state index contributed by atoms with van der Waals surface area (Å²) in [4.78, 5) is 25.2. The van der Waals surface area contributed by atoms with Gasteiger partial charge >= 0.3 is 5.69 Å². The smallest absolute Gasteiger partial charge is 0.332 e. The van der Waals surface area contributed by atoms with Crippen molar-refractivity contribution < 1.29 is 4.92 Å². The highest BCUT2D eigenvalue weighted by Gasteiger charge is 2.11. The summed E-state index contributed by atoms with van der Waals surface area (Å²) in [6.45, 7) is 0.373. The Morgan fingerprint density at radius 2 is 2.26 bits per heavy atom. The molecule has 0 saturated heterocycles. The standard InChI is InChI=1S/C11H11N5O3/c12-14-11-5-8(1-3-13-11)6-15-4-2-10(17)9(7-15)16(18)19/h1-5,7H,6,12H2,(H,13,14). The van der Waals surface area contributed by atoms with Crippen LogP contribution in [0.3, 0.4) is 0 Å². The summed E-state index contributed by atoms with van der Waals surface area (Å²) in [5.41, 5.74) is 2.20. The van der Waals surface area contributed by atoms with Crippen LogP contribution in [-0.4, -0.2) is 14.5 Å². The number of nitrogens with zero attached hydrogens (tertiary/aromatic N) is 3. The van der Waals surface area contributed by atoms with Gasteiger partial charge in [-0.3, -0.25) is 14.9 Å². The summed E-state index contributed by atoms with van der Waals surface area (Å²) < 4.78 is 1.55. The second-order valence-electron chi connectivity index (χ2n) is 3.82. The second kappa shape index (κ2) is 5.27. The van der Waals surface area contributed by atoms with Crippen LogP contribution >= 0.6 is 0 Å². The van der Waals surface area contributed by atoms with E-state index in [0.29, 0.717) is 12.4 Å². The summed E-state index contributed by atoms with van der Waals surface area (Å²) in [6.07, 6.45) is 4.27. The minimum absolute atomic E-state index is 0.373. The summed E-state index contributed by atoms with van der Waals surface area (Å²) >= 11 is 0. The summed E-state index contributed by atoms with van der Waals surface area (Å²) in [6, 6.07) is 4.64. The lowest BCUT2D eigenvalue weighted by molar-refractivity contribution is -0.386. The lowest BCUT2D eigenvalue weighted by Crippen LogP contribution is -2.12. The third-order valence-corrected chi connectivity index (χ3v) is 2.49. The number of nitrogens with two attached hydrogens (primary N) is 1. The van der Waals surface area contributed by atoms with Gasteiger partial charge in [-0.1, -0.05) is 0 Å². The Morgan fingerprint density at radius 3 is 2.95 bits per heavy atom. The van der Waals surface area contributed by atoms with Crippen molar-refractivity contribution in [3.8, 4) is 0 Å². The predicted octanol–water partition coefficient (Wildman–Crippen LogP) is 0.485. The predicted molar refractivity (Wildman–Crippen MR) is 68.5 cm³/mol. The molecule has 0 aliphatic heterocycles. The number of pyridine rings is 2. The van der Waals surface area contributed by atoms with Gasteiger partial charge in [0, 0.05) is 25.0 Å². The normalized spacial score (nSPS) is 10.2. The van der Waals surface area contributed by atoms with E-state index in [1.54, 1.807) is 22.9 Å². The van der Waals surface area contributed by atoms with E-state index in [4.69, 9.17) is 5.84 Å². The molecule has 3 N–H and O–H groups in total. The van der Waals surface area contributed by atoms with Gasteiger partial charge in [-0.25, -0.2) is 10.8 Å². The molecule has 8 heteroatoms. The molecule has 0 fully saturated rings. The number of hydrogen-bond acceptors (Lipinski definition) is 6. The molecule has 2 aromatic rings. The SMILES string of the molecule is NNc1cc(Cn2ccc(=O)c([N+](=O)[O-])c2)ccn1. The van der Waals surface area contributed by atoms with Crippen LogP contribution in [0.15, 0.2) is 41.6 Å². The van der Waals surface area contributed by atoms with Crippen molar-refractivity contribution in [1.29, 1.82) is 0 Å². The van der Waals surface area contributed by atoms with Gasteiger partial charge in [0.05, 0.1) is 11.1 Å². The molecule has 0 aliphatic rings. The van der Waals surface area contributed by atoms with Gasteiger partial charge < -0.3 is 9.99 Å². The van der Waals surface area contributed by atoms with E-state index in [0.717, 1.165) is 5.56 Å². The van der Waals surface area contributed by atoms with Crippen LogP contribution in [-0.2, 0) is 6.54 Å². The molecule has 0 spiro atoms. The highest BCUT2D eigenvalue weighted by atomic mass is 16.6. The number of anilines is 1. The quantitative estimate of drug-likeness (QED) is 0.470. The molecular formula is C11H11N5O3. The van der Waals surface area contributed by atoms with Gasteiger partial charge in [-0.2, -0.15) is 0 Å². The van der Waals surface area contributed by atoms with Gasteiger partial charge in [0.1, 0.15) is 5.82 Å². The van der Waals surface area contributed by atoms with E-state index in [9.17, 15) is 14.9 Å². The zero-order valence-corrected chi connectivity index (χ0v) is 9.81. The maximum absolute atomic E-state index is 11.3. The molecule has 8 nitrogen and oxygen atoms in total. The average Bonchev–Trinajstić information content (AvgIpc) is 2.41. The van der Waals surface area contributed by atoms with E-state index in [2.05, 4.69) is 10.4 Å². The topological polar surface area (TPSA) is 116 Å². The molecule has 0 aromatic carbocycles. The zero-order chi connectivity index (χ0) is 13.8. The monoisotopic (exact) mass is 261 g/mol. The van der Waals surface area contributed by atoms with E-state index in [-0.39, 0.29) is 0 Å². The fourth-order valence-corrected chi connectivity index (χ4v) is 1.61. The molecule has 0 radical (unpaired) electrons. The highest BCUT2D eigenvalue weighted by molar-refractivity contribution is 5.36. The van der Waals surface area contributed by atoms with Crippen LogP contribution in [0, 0.1) is 10.1 Å². The molecule has 0 bridgehead atoms. The van der Waals surface area contributed by atoms with E-state index in [1.807, 2.05) is 0 Å². The number of nitrogens with one attached hydrogen (secondary N) is 1. The Hall–Kier alpha value is -2.74. The molecule has 19 heavy (non-hydrogen) atoms. The summed E-state index contributed by atoms with van der Waals surface area (Å²) in [5.74, 6) is 5.74. The number of nitrogen functional groups attached to an aromatic ring is 1. The lowest BCUT2D eigenvalue weighted by atomic mass is 10.2. The lowest BCUT2D eigenvalue weighted by Gasteiger charge is -2.07. The van der Waals surface area contributed by atoms with Crippen molar-refractivity contribution >= 4 is 11.5 Å². The maximum Gasteiger partial charge on any atom is 0.332 e. The first-order valence-electron chi connectivity index (χ1n) is 5.36. The maximum atomic E-state index is 11.3. The summed E-state index contributed by atoms with van der Waals surface area (Å²) in [5, 5.41) is 10.7. The zero-order valence-electron chi connectivity index (χ0n) is 9.81. The molecule has 0 unspecified atom stereocenters. The Morgan fingerprint density at radius 1 is 1.47 bits per heavy atom. The first kappa shape index (κ1) is 12.7. The third-order valence-electron chi connectivity index (χ3n) is 2.49. The number of nitro groups is 1. The van der Waals surface area contributed by atoms with Crippen LogP contribution in [0.2, 0.25) is 0 Å². The fraction of sp³-hybridized carbons (Fsp3) is 0.0909. The minimum atomic E-state index is -0.696. The molecule has 0 aliphatic carbocycles. The van der Waals surface area contributed by atoms with E-state index >= 15 is 0 Å². The number of aromatic nitrogens is 2. The Labute approximate surface area is 107 Å². The third kappa shape index (κ3) is 2.93. The van der Waals surface area contributed by atoms with Gasteiger partial charge in [-0.15, -0.1) is 0 Å². The Balaban J connectivity index is 2.30. The first-order valence-corrected chi connectivity index (χ1v) is 5.36. The van der Waals surface area contributed by atoms with Crippen LogP contribution in [0.5, 0.6) is 0 Å². The fourth-order valence-electron chi connectivity index (χ4n) is 1.61. The van der Waals surface area contributed by atoms with Crippen molar-refractivity contribution in [2.45, 2.75) is 6.54 Å².